The molecule has 0 aromatic heterocycles. The van der Waals surface area contributed by atoms with E-state index >= 15 is 0 Å². The van der Waals surface area contributed by atoms with Crippen LogP contribution >= 0.6 is 0 Å². The van der Waals surface area contributed by atoms with Gasteiger partial charge in [-0.2, -0.15) is 0 Å². The number of nitrogens with one attached hydrogen (secondary N) is 1. The molecule has 4 heteroatoms. The number of amidine groups is 1. The van der Waals surface area contributed by atoms with Crippen LogP contribution in [-0.2, 0) is 4.74 Å². The molecule has 3 N–H and O–H groups in total. The number of nitrogens with two attached hydrogens (primary N) is 1. The van der Waals surface area contributed by atoms with Crippen LogP contribution in [0.3, 0.4) is 0 Å². The third-order valence-electron chi connectivity index (χ3n) is 2.33. The van der Waals surface area contributed by atoms with Gasteiger partial charge in [0.25, 0.3) is 0 Å². The standard InChI is InChI=1S/C9H19N3O/c1-2-13-8-3-5-12(6-4-10)9(11)7-8/h8,11H,2-7,10H2,1H3. The van der Waals surface area contributed by atoms with E-state index < -0.39 is 0 Å². The van der Waals surface area contributed by atoms with Crippen LogP contribution in [0.5, 0.6) is 0 Å². The van der Waals surface area contributed by atoms with E-state index in [9.17, 15) is 0 Å². The molecule has 1 atom stereocenters. The molecule has 1 aliphatic rings. The molecule has 1 unspecified atom stereocenters. The molecule has 1 rings (SSSR count). The summed E-state index contributed by atoms with van der Waals surface area (Å²) < 4.78 is 5.48. The molecule has 0 radical (unpaired) electrons. The summed E-state index contributed by atoms with van der Waals surface area (Å²) in [6, 6.07) is 0. The molecule has 1 aliphatic heterocycles. The number of likely N-dealkylation sites (tertiary alicyclic amines) is 1. The van der Waals surface area contributed by atoms with Crippen LogP contribution in [0.15, 0.2) is 0 Å². The van der Waals surface area contributed by atoms with Crippen LogP contribution in [0.4, 0.5) is 0 Å². The number of hydrogen-bond acceptors (Lipinski definition) is 3. The molecule has 1 saturated heterocycles. The minimum absolute atomic E-state index is 0.256. The summed E-state index contributed by atoms with van der Waals surface area (Å²) in [6.45, 7) is 5.09. The fraction of sp³-hybridized carbons (Fsp3) is 0.889. The molecule has 0 aromatic carbocycles. The van der Waals surface area contributed by atoms with Crippen LogP contribution in [0, 0.1) is 5.41 Å². The lowest BCUT2D eigenvalue weighted by atomic mass is 10.1. The molecule has 1 heterocycles. The summed E-state index contributed by atoms with van der Waals surface area (Å²) in [4.78, 5) is 2.04. The minimum atomic E-state index is 0.256. The van der Waals surface area contributed by atoms with Crippen LogP contribution in [0.25, 0.3) is 0 Å². The van der Waals surface area contributed by atoms with E-state index in [4.69, 9.17) is 15.9 Å². The Kier molecular flexibility index (Phi) is 4.18. The first-order valence-corrected chi connectivity index (χ1v) is 4.92. The van der Waals surface area contributed by atoms with Crippen molar-refractivity contribution in [3.63, 3.8) is 0 Å². The fourth-order valence-corrected chi connectivity index (χ4v) is 1.66. The molecular weight excluding hydrogens is 166 g/mol. The Morgan fingerprint density at radius 2 is 2.46 bits per heavy atom. The largest absolute Gasteiger partial charge is 0.378 e. The summed E-state index contributed by atoms with van der Waals surface area (Å²) >= 11 is 0. The molecule has 0 aliphatic carbocycles. The van der Waals surface area contributed by atoms with Crippen molar-refractivity contribution < 1.29 is 4.74 Å². The van der Waals surface area contributed by atoms with Crippen LogP contribution in [0.1, 0.15) is 19.8 Å². The van der Waals surface area contributed by atoms with Gasteiger partial charge >= 0.3 is 0 Å². The van der Waals surface area contributed by atoms with E-state index in [1.54, 1.807) is 0 Å². The van der Waals surface area contributed by atoms with E-state index in [1.807, 2.05) is 11.8 Å². The van der Waals surface area contributed by atoms with Gasteiger partial charge in [-0.25, -0.2) is 0 Å². The van der Waals surface area contributed by atoms with Crippen molar-refractivity contribution >= 4 is 5.84 Å². The average molecular weight is 185 g/mol. The third kappa shape index (κ3) is 2.97. The first-order valence-electron chi connectivity index (χ1n) is 4.92. The van der Waals surface area contributed by atoms with Crippen molar-refractivity contribution in [2.45, 2.75) is 25.9 Å². The van der Waals surface area contributed by atoms with Gasteiger partial charge in [-0.15, -0.1) is 0 Å². The second kappa shape index (κ2) is 5.19. The third-order valence-corrected chi connectivity index (χ3v) is 2.33. The van der Waals surface area contributed by atoms with Gasteiger partial charge in [0.15, 0.2) is 0 Å². The van der Waals surface area contributed by atoms with Crippen LogP contribution < -0.4 is 5.73 Å². The maximum Gasteiger partial charge on any atom is 0.0984 e. The monoisotopic (exact) mass is 185 g/mol. The zero-order valence-corrected chi connectivity index (χ0v) is 8.25. The van der Waals surface area contributed by atoms with Gasteiger partial charge in [-0.05, 0) is 13.3 Å². The molecule has 13 heavy (non-hydrogen) atoms. The Balaban J connectivity index is 2.33. The SMILES string of the molecule is CCOC1CCN(CCN)C(=N)C1. The van der Waals surface area contributed by atoms with E-state index in [0.717, 1.165) is 32.5 Å². The number of ether oxygens (including phenoxy) is 1. The number of nitrogens with zero attached hydrogens (tertiary/aromatic N) is 1. The highest BCUT2D eigenvalue weighted by molar-refractivity contribution is 5.80. The highest BCUT2D eigenvalue weighted by atomic mass is 16.5. The lowest BCUT2D eigenvalue weighted by Gasteiger charge is -2.33. The van der Waals surface area contributed by atoms with Crippen molar-refractivity contribution in [3.05, 3.63) is 0 Å². The van der Waals surface area contributed by atoms with E-state index in [-0.39, 0.29) is 6.10 Å². The summed E-state index contributed by atoms with van der Waals surface area (Å²) in [5.74, 6) is 0.676. The van der Waals surface area contributed by atoms with Gasteiger partial charge in [-0.1, -0.05) is 0 Å². The van der Waals surface area contributed by atoms with Crippen molar-refractivity contribution in [1.82, 2.24) is 4.90 Å². The van der Waals surface area contributed by atoms with Gasteiger partial charge in [0.2, 0.25) is 0 Å². The van der Waals surface area contributed by atoms with Crippen LogP contribution in [-0.4, -0.2) is 43.1 Å². The fourth-order valence-electron chi connectivity index (χ4n) is 1.66. The van der Waals surface area contributed by atoms with Gasteiger partial charge < -0.3 is 15.4 Å². The van der Waals surface area contributed by atoms with Gasteiger partial charge in [0.1, 0.15) is 0 Å². The predicted molar refractivity (Wildman–Crippen MR) is 53.0 cm³/mol. The zero-order chi connectivity index (χ0) is 9.68. The molecule has 76 valence electrons. The second-order valence-corrected chi connectivity index (χ2v) is 3.29. The molecule has 0 spiro atoms. The molecule has 0 amide bonds. The number of hydrogen-bond donors (Lipinski definition) is 2. The summed E-state index contributed by atoms with van der Waals surface area (Å²) in [5.41, 5.74) is 5.45. The summed E-state index contributed by atoms with van der Waals surface area (Å²) in [6.07, 6.45) is 2.02. The molecular formula is C9H19N3O. The lowest BCUT2D eigenvalue weighted by Crippen LogP contribution is -2.43. The van der Waals surface area contributed by atoms with E-state index in [2.05, 4.69) is 0 Å². The maximum absolute atomic E-state index is 7.75. The topological polar surface area (TPSA) is 62.3 Å². The Bertz CT molecular complexity index is 172. The average Bonchev–Trinajstić information content (AvgIpc) is 2.10. The Morgan fingerprint density at radius 1 is 1.69 bits per heavy atom. The molecule has 0 aromatic rings. The molecule has 0 saturated carbocycles. The second-order valence-electron chi connectivity index (χ2n) is 3.29. The van der Waals surface area contributed by atoms with Crippen molar-refractivity contribution in [2.24, 2.45) is 5.73 Å². The quantitative estimate of drug-likeness (QED) is 0.667. The Labute approximate surface area is 79.6 Å². The van der Waals surface area contributed by atoms with Gasteiger partial charge in [0.05, 0.1) is 11.9 Å². The van der Waals surface area contributed by atoms with Crippen molar-refractivity contribution in [3.8, 4) is 0 Å². The minimum Gasteiger partial charge on any atom is -0.378 e. The van der Waals surface area contributed by atoms with Crippen molar-refractivity contribution in [1.29, 1.82) is 5.41 Å². The van der Waals surface area contributed by atoms with Crippen LogP contribution in [0.2, 0.25) is 0 Å². The number of rotatable bonds is 4. The summed E-state index contributed by atoms with van der Waals surface area (Å²) in [7, 11) is 0. The molecule has 0 bridgehead atoms. The first kappa shape index (κ1) is 10.5. The highest BCUT2D eigenvalue weighted by Crippen LogP contribution is 2.14. The molecule has 4 nitrogen and oxygen atoms in total. The smallest absolute Gasteiger partial charge is 0.0984 e. The zero-order valence-electron chi connectivity index (χ0n) is 8.25. The Morgan fingerprint density at radius 3 is 3.00 bits per heavy atom. The summed E-state index contributed by atoms with van der Waals surface area (Å²) in [5, 5.41) is 7.75. The first-order chi connectivity index (χ1) is 6.27. The van der Waals surface area contributed by atoms with Gasteiger partial charge in [0, 0.05) is 32.7 Å². The maximum atomic E-state index is 7.75. The highest BCUT2D eigenvalue weighted by Gasteiger charge is 2.22. The molecule has 1 fully saturated rings. The number of piperidine rings is 1. The Hall–Kier alpha value is -0.610. The van der Waals surface area contributed by atoms with E-state index in [0.29, 0.717) is 12.4 Å². The van der Waals surface area contributed by atoms with E-state index in [1.165, 1.54) is 0 Å². The lowest BCUT2D eigenvalue weighted by molar-refractivity contribution is 0.0463. The predicted octanol–water partition coefficient (Wildman–Crippen LogP) is 0.423. The van der Waals surface area contributed by atoms with Crippen molar-refractivity contribution in [2.75, 3.05) is 26.2 Å². The van der Waals surface area contributed by atoms with Gasteiger partial charge in [-0.3, -0.25) is 5.41 Å². The normalized spacial score (nSPS) is 23.7.